The van der Waals surface area contributed by atoms with Crippen molar-refractivity contribution in [3.05, 3.63) is 81.8 Å². The van der Waals surface area contributed by atoms with Crippen LogP contribution in [0, 0.1) is 6.92 Å². The number of aryl methyl sites for hydroxylation is 1. The van der Waals surface area contributed by atoms with Gasteiger partial charge in [0.2, 0.25) is 5.95 Å². The van der Waals surface area contributed by atoms with E-state index in [9.17, 15) is 4.79 Å². The van der Waals surface area contributed by atoms with Crippen molar-refractivity contribution in [1.29, 1.82) is 0 Å². The summed E-state index contributed by atoms with van der Waals surface area (Å²) in [5.41, 5.74) is 3.06. The van der Waals surface area contributed by atoms with E-state index in [1.54, 1.807) is 11.8 Å². The third kappa shape index (κ3) is 2.59. The molecular formula is C20H17N7O2. The van der Waals surface area contributed by atoms with Gasteiger partial charge >= 0.3 is 0 Å². The Balaban J connectivity index is 1.80. The summed E-state index contributed by atoms with van der Waals surface area (Å²) in [6.07, 6.45) is 0. The Hall–Kier alpha value is -4.01. The third-order valence-corrected chi connectivity index (χ3v) is 5.00. The van der Waals surface area contributed by atoms with E-state index >= 15 is 0 Å². The number of hydrogen-bond acceptors (Lipinski definition) is 7. The Morgan fingerprint density at radius 1 is 1.07 bits per heavy atom. The maximum atomic E-state index is 13.4. The van der Waals surface area contributed by atoms with Crippen LogP contribution in [-0.2, 0) is 0 Å². The number of ether oxygens (including phenoxy) is 1. The lowest BCUT2D eigenvalue weighted by Gasteiger charge is -2.28. The summed E-state index contributed by atoms with van der Waals surface area (Å²) in [7, 11) is 1.61. The van der Waals surface area contributed by atoms with E-state index < -0.39 is 6.04 Å². The van der Waals surface area contributed by atoms with Crippen LogP contribution >= 0.6 is 0 Å². The van der Waals surface area contributed by atoms with E-state index in [-0.39, 0.29) is 5.56 Å². The van der Waals surface area contributed by atoms with Gasteiger partial charge in [-0.05, 0) is 35.5 Å². The summed E-state index contributed by atoms with van der Waals surface area (Å²) < 4.78 is 8.59. The molecule has 3 heterocycles. The highest BCUT2D eigenvalue weighted by Crippen LogP contribution is 2.41. The molecule has 1 aliphatic rings. The lowest BCUT2D eigenvalue weighted by Crippen LogP contribution is -2.33. The second-order valence-corrected chi connectivity index (χ2v) is 6.64. The molecule has 29 heavy (non-hydrogen) atoms. The van der Waals surface area contributed by atoms with E-state index in [4.69, 9.17) is 4.74 Å². The summed E-state index contributed by atoms with van der Waals surface area (Å²) >= 11 is 0. The highest BCUT2D eigenvalue weighted by atomic mass is 16.5. The molecule has 0 aliphatic carbocycles. The van der Waals surface area contributed by atoms with Crippen molar-refractivity contribution in [1.82, 2.24) is 30.0 Å². The van der Waals surface area contributed by atoms with Gasteiger partial charge in [-0.25, -0.2) is 0 Å². The first-order chi connectivity index (χ1) is 14.2. The minimum absolute atomic E-state index is 0.272. The predicted molar refractivity (Wildman–Crippen MR) is 106 cm³/mol. The molecule has 0 saturated heterocycles. The first kappa shape index (κ1) is 17.1. The third-order valence-electron chi connectivity index (χ3n) is 5.00. The molecule has 9 nitrogen and oxygen atoms in total. The molecule has 1 aliphatic heterocycles. The summed E-state index contributed by atoms with van der Waals surface area (Å²) in [6, 6.07) is 16.5. The smallest absolute Gasteiger partial charge is 0.295 e. The number of fused-ring (bicyclic) bond motifs is 2. The molecule has 2 aromatic carbocycles. The van der Waals surface area contributed by atoms with E-state index in [0.29, 0.717) is 34.3 Å². The number of methoxy groups -OCH3 is 1. The van der Waals surface area contributed by atoms with Gasteiger partial charge in [0.15, 0.2) is 0 Å². The first-order valence-corrected chi connectivity index (χ1v) is 9.06. The zero-order chi connectivity index (χ0) is 20.0. The largest absolute Gasteiger partial charge is 0.496 e. The van der Waals surface area contributed by atoms with Crippen molar-refractivity contribution in [3.8, 4) is 11.4 Å². The lowest BCUT2D eigenvalue weighted by molar-refractivity contribution is 0.402. The zero-order valence-corrected chi connectivity index (χ0v) is 15.8. The number of nitrogens with zero attached hydrogens (tertiary/aromatic N) is 6. The average molecular weight is 387 g/mol. The number of rotatable bonds is 3. The van der Waals surface area contributed by atoms with Crippen LogP contribution in [0.1, 0.15) is 22.9 Å². The van der Waals surface area contributed by atoms with Gasteiger partial charge in [0, 0.05) is 11.1 Å². The van der Waals surface area contributed by atoms with Crippen molar-refractivity contribution in [3.63, 3.8) is 0 Å². The predicted octanol–water partition coefficient (Wildman–Crippen LogP) is 2.23. The monoisotopic (exact) mass is 387 g/mol. The van der Waals surface area contributed by atoms with Crippen molar-refractivity contribution >= 4 is 11.6 Å². The minimum atomic E-state index is -0.446. The number of hydrogen-bond donors (Lipinski definition) is 1. The van der Waals surface area contributed by atoms with Gasteiger partial charge in [0.25, 0.3) is 5.56 Å². The molecule has 4 aromatic rings. The topological polar surface area (TPSA) is 99.8 Å². The number of aromatic nitrogens is 6. The van der Waals surface area contributed by atoms with Gasteiger partial charge in [-0.3, -0.25) is 4.79 Å². The summed E-state index contributed by atoms with van der Waals surface area (Å²) in [6.45, 7) is 1.87. The molecule has 2 aromatic heterocycles. The van der Waals surface area contributed by atoms with Crippen LogP contribution in [0.2, 0.25) is 0 Å². The number of benzene rings is 2. The van der Waals surface area contributed by atoms with Crippen LogP contribution in [0.5, 0.6) is 5.75 Å². The fraction of sp³-hybridized carbons (Fsp3) is 0.150. The molecule has 144 valence electrons. The van der Waals surface area contributed by atoms with Crippen LogP contribution in [0.3, 0.4) is 0 Å². The molecule has 0 saturated carbocycles. The summed E-state index contributed by atoms with van der Waals surface area (Å²) in [5, 5.41) is 19.6. The molecule has 0 fully saturated rings. The Morgan fingerprint density at radius 3 is 2.62 bits per heavy atom. The molecule has 0 spiro atoms. The number of para-hydroxylation sites is 2. The van der Waals surface area contributed by atoms with Gasteiger partial charge in [-0.1, -0.05) is 41.5 Å². The van der Waals surface area contributed by atoms with Crippen LogP contribution in [-0.4, -0.2) is 37.1 Å². The Kier molecular flexibility index (Phi) is 3.87. The van der Waals surface area contributed by atoms with Crippen molar-refractivity contribution in [2.75, 3.05) is 12.4 Å². The van der Waals surface area contributed by atoms with Gasteiger partial charge < -0.3 is 10.1 Å². The summed E-state index contributed by atoms with van der Waals surface area (Å²) in [4.78, 5) is 13.4. The normalized spacial score (nSPS) is 14.6. The highest BCUT2D eigenvalue weighted by Gasteiger charge is 2.35. The fourth-order valence-corrected chi connectivity index (χ4v) is 3.71. The van der Waals surface area contributed by atoms with Crippen molar-refractivity contribution in [2.24, 2.45) is 0 Å². The maximum absolute atomic E-state index is 13.4. The second kappa shape index (κ2) is 6.55. The standard InChI is InChI=1S/C20H17N7O2/c1-12-16-17(19(28)26(23-12)13-8-4-3-5-9-13)21-20-22-24-25-27(20)18(16)14-10-6-7-11-15(14)29-2/h3-11,18H,1-2H3,(H,21,22,25)/t18-/m0/s1. The van der Waals surface area contributed by atoms with E-state index in [1.165, 1.54) is 4.68 Å². The molecule has 1 N–H and O–H groups in total. The van der Waals surface area contributed by atoms with Gasteiger partial charge in [-0.15, -0.1) is 0 Å². The Bertz CT molecular complexity index is 1260. The average Bonchev–Trinajstić information content (AvgIpc) is 3.24. The van der Waals surface area contributed by atoms with Crippen molar-refractivity contribution in [2.45, 2.75) is 13.0 Å². The van der Waals surface area contributed by atoms with Crippen LogP contribution in [0.4, 0.5) is 11.6 Å². The molecule has 0 bridgehead atoms. The molecule has 5 rings (SSSR count). The van der Waals surface area contributed by atoms with Gasteiger partial charge in [-0.2, -0.15) is 14.5 Å². The zero-order valence-electron chi connectivity index (χ0n) is 15.8. The molecule has 1 atom stereocenters. The molecule has 0 amide bonds. The fourth-order valence-electron chi connectivity index (χ4n) is 3.71. The summed E-state index contributed by atoms with van der Waals surface area (Å²) in [5.74, 6) is 1.06. The quantitative estimate of drug-likeness (QED) is 0.507. The molecule has 9 heteroatoms. The van der Waals surface area contributed by atoms with Crippen LogP contribution < -0.4 is 15.6 Å². The van der Waals surface area contributed by atoms with Gasteiger partial charge in [0.1, 0.15) is 17.5 Å². The number of anilines is 2. The number of tetrazole rings is 1. The first-order valence-electron chi connectivity index (χ1n) is 9.06. The second-order valence-electron chi connectivity index (χ2n) is 6.64. The SMILES string of the molecule is COc1ccccc1[C@H]1c2c(C)nn(-c3ccccc3)c(=O)c2Nc2nnnn21. The van der Waals surface area contributed by atoms with E-state index in [1.807, 2.05) is 61.5 Å². The Labute approximate surface area is 165 Å². The molecular weight excluding hydrogens is 370 g/mol. The van der Waals surface area contributed by atoms with Crippen molar-refractivity contribution < 1.29 is 4.74 Å². The van der Waals surface area contributed by atoms with Crippen LogP contribution in [0.25, 0.3) is 5.69 Å². The van der Waals surface area contributed by atoms with E-state index in [2.05, 4.69) is 25.9 Å². The van der Waals surface area contributed by atoms with E-state index in [0.717, 1.165) is 5.56 Å². The van der Waals surface area contributed by atoms with Crippen LogP contribution in [0.15, 0.2) is 59.4 Å². The highest BCUT2D eigenvalue weighted by molar-refractivity contribution is 5.66. The lowest BCUT2D eigenvalue weighted by atomic mass is 9.94. The minimum Gasteiger partial charge on any atom is -0.496 e. The molecule has 0 radical (unpaired) electrons. The molecule has 0 unspecified atom stereocenters. The van der Waals surface area contributed by atoms with Gasteiger partial charge in [0.05, 0.1) is 18.5 Å². The Morgan fingerprint density at radius 2 is 1.83 bits per heavy atom. The number of nitrogens with one attached hydrogen (secondary N) is 1. The maximum Gasteiger partial charge on any atom is 0.295 e.